The van der Waals surface area contributed by atoms with Crippen molar-refractivity contribution in [2.45, 2.75) is 20.8 Å². The first kappa shape index (κ1) is 20.5. The molecule has 0 unspecified atom stereocenters. The Hall–Kier alpha value is -3.27. The number of benzene rings is 3. The molecule has 29 heavy (non-hydrogen) atoms. The van der Waals surface area contributed by atoms with Crippen molar-refractivity contribution in [2.75, 3.05) is 25.1 Å². The first-order valence-corrected chi connectivity index (χ1v) is 9.85. The van der Waals surface area contributed by atoms with E-state index >= 15 is 0 Å². The van der Waals surface area contributed by atoms with Crippen LogP contribution in [0.15, 0.2) is 60.7 Å². The normalized spacial score (nSPS) is 10.6. The summed E-state index contributed by atoms with van der Waals surface area (Å²) in [7, 11) is 1.59. The SMILES string of the molecule is CCN(CC)c1ccc(-c2cccc(C(=O)c3cc(C)cc(OC)c3)c2)c(O)c1. The molecule has 0 aromatic heterocycles. The second kappa shape index (κ2) is 8.82. The van der Waals surface area contributed by atoms with E-state index in [-0.39, 0.29) is 11.5 Å². The Morgan fingerprint density at radius 2 is 1.72 bits per heavy atom. The van der Waals surface area contributed by atoms with Crippen LogP contribution in [0.4, 0.5) is 5.69 Å². The summed E-state index contributed by atoms with van der Waals surface area (Å²) in [4.78, 5) is 15.2. The molecule has 1 N–H and O–H groups in total. The molecule has 0 aliphatic carbocycles. The van der Waals surface area contributed by atoms with Crippen LogP contribution in [0, 0.1) is 6.92 Å². The summed E-state index contributed by atoms with van der Waals surface area (Å²) in [6, 6.07) is 18.5. The maximum absolute atomic E-state index is 13.0. The molecule has 4 heteroatoms. The summed E-state index contributed by atoms with van der Waals surface area (Å²) in [6.45, 7) is 7.86. The first-order chi connectivity index (χ1) is 14.0. The monoisotopic (exact) mass is 389 g/mol. The number of anilines is 1. The second-order valence-electron chi connectivity index (χ2n) is 7.02. The van der Waals surface area contributed by atoms with Gasteiger partial charge >= 0.3 is 0 Å². The average molecular weight is 389 g/mol. The Morgan fingerprint density at radius 3 is 2.38 bits per heavy atom. The van der Waals surface area contributed by atoms with E-state index in [1.54, 1.807) is 25.3 Å². The van der Waals surface area contributed by atoms with Gasteiger partial charge in [0.2, 0.25) is 0 Å². The van der Waals surface area contributed by atoms with Crippen molar-refractivity contribution in [3.05, 3.63) is 77.4 Å². The zero-order valence-corrected chi connectivity index (χ0v) is 17.4. The third-order valence-corrected chi connectivity index (χ3v) is 5.09. The molecular formula is C25H27NO3. The molecule has 0 saturated heterocycles. The lowest BCUT2D eigenvalue weighted by atomic mass is 9.96. The number of methoxy groups -OCH3 is 1. The van der Waals surface area contributed by atoms with Gasteiger partial charge in [-0.05, 0) is 68.3 Å². The Kier molecular flexibility index (Phi) is 6.23. The topological polar surface area (TPSA) is 49.8 Å². The van der Waals surface area contributed by atoms with Gasteiger partial charge in [0.15, 0.2) is 5.78 Å². The number of aryl methyl sites for hydroxylation is 1. The standard InChI is InChI=1S/C25H27NO3/c1-5-26(6-2)21-10-11-23(24(27)16-21)18-8-7-9-19(14-18)25(28)20-12-17(3)13-22(15-20)29-4/h7-16,27H,5-6H2,1-4H3. The zero-order valence-electron chi connectivity index (χ0n) is 17.4. The minimum absolute atomic E-state index is 0.0758. The van der Waals surface area contributed by atoms with Crippen molar-refractivity contribution in [3.8, 4) is 22.6 Å². The van der Waals surface area contributed by atoms with Gasteiger partial charge in [-0.2, -0.15) is 0 Å². The lowest BCUT2D eigenvalue weighted by Gasteiger charge is -2.21. The largest absolute Gasteiger partial charge is 0.507 e. The highest BCUT2D eigenvalue weighted by Gasteiger charge is 2.14. The van der Waals surface area contributed by atoms with Crippen molar-refractivity contribution in [2.24, 2.45) is 0 Å². The molecule has 0 aliphatic rings. The maximum Gasteiger partial charge on any atom is 0.193 e. The zero-order chi connectivity index (χ0) is 21.0. The van der Waals surface area contributed by atoms with Crippen molar-refractivity contribution >= 4 is 11.5 Å². The Labute approximate surface area is 172 Å². The number of hydrogen-bond donors (Lipinski definition) is 1. The van der Waals surface area contributed by atoms with Crippen molar-refractivity contribution in [3.63, 3.8) is 0 Å². The molecule has 3 aromatic rings. The Balaban J connectivity index is 1.96. The lowest BCUT2D eigenvalue weighted by molar-refractivity contribution is 0.103. The molecule has 150 valence electrons. The second-order valence-corrected chi connectivity index (χ2v) is 7.02. The van der Waals surface area contributed by atoms with E-state index in [0.29, 0.717) is 22.4 Å². The molecule has 0 radical (unpaired) electrons. The summed E-state index contributed by atoms with van der Waals surface area (Å²) in [5.74, 6) is 0.790. The van der Waals surface area contributed by atoms with Crippen LogP contribution in [-0.2, 0) is 0 Å². The van der Waals surface area contributed by atoms with E-state index in [9.17, 15) is 9.90 Å². The number of hydrogen-bond acceptors (Lipinski definition) is 4. The highest BCUT2D eigenvalue weighted by Crippen LogP contribution is 2.33. The van der Waals surface area contributed by atoms with Gasteiger partial charge in [-0.3, -0.25) is 4.79 Å². The van der Waals surface area contributed by atoms with Crippen molar-refractivity contribution in [1.29, 1.82) is 0 Å². The summed E-state index contributed by atoms with van der Waals surface area (Å²) in [6.07, 6.45) is 0. The number of rotatable bonds is 7. The van der Waals surface area contributed by atoms with E-state index in [2.05, 4.69) is 18.7 Å². The minimum atomic E-state index is -0.0758. The smallest absolute Gasteiger partial charge is 0.193 e. The molecule has 0 aliphatic heterocycles. The van der Waals surface area contributed by atoms with Crippen LogP contribution in [0.3, 0.4) is 0 Å². The summed E-state index contributed by atoms with van der Waals surface area (Å²) in [5, 5.41) is 10.6. The number of carbonyl (C=O) groups is 1. The van der Waals surface area contributed by atoms with E-state index in [4.69, 9.17) is 4.74 Å². The third kappa shape index (κ3) is 4.43. The molecule has 3 rings (SSSR count). The Bertz CT molecular complexity index is 1020. The van der Waals surface area contributed by atoms with Gasteiger partial charge in [-0.1, -0.05) is 18.2 Å². The van der Waals surface area contributed by atoms with Crippen LogP contribution in [0.25, 0.3) is 11.1 Å². The number of nitrogens with zero attached hydrogens (tertiary/aromatic N) is 1. The number of phenolic OH excluding ortho intramolecular Hbond substituents is 1. The Morgan fingerprint density at radius 1 is 0.966 bits per heavy atom. The van der Waals surface area contributed by atoms with Crippen LogP contribution in [0.2, 0.25) is 0 Å². The number of ketones is 1. The van der Waals surface area contributed by atoms with E-state index in [0.717, 1.165) is 29.9 Å². The average Bonchev–Trinajstić information content (AvgIpc) is 2.73. The highest BCUT2D eigenvalue weighted by molar-refractivity contribution is 6.10. The van der Waals surface area contributed by atoms with Gasteiger partial charge in [0.1, 0.15) is 11.5 Å². The van der Waals surface area contributed by atoms with Crippen LogP contribution >= 0.6 is 0 Å². The third-order valence-electron chi connectivity index (χ3n) is 5.09. The van der Waals surface area contributed by atoms with Crippen molar-refractivity contribution in [1.82, 2.24) is 0 Å². The number of carbonyl (C=O) groups excluding carboxylic acids is 1. The summed E-state index contributed by atoms with van der Waals surface area (Å²) >= 11 is 0. The van der Waals surface area contributed by atoms with Crippen LogP contribution < -0.4 is 9.64 Å². The molecule has 0 atom stereocenters. The van der Waals surface area contributed by atoms with Gasteiger partial charge in [0, 0.05) is 41.5 Å². The number of phenols is 1. The van der Waals surface area contributed by atoms with Crippen LogP contribution in [-0.4, -0.2) is 31.1 Å². The van der Waals surface area contributed by atoms with Crippen LogP contribution in [0.5, 0.6) is 11.5 Å². The fourth-order valence-corrected chi connectivity index (χ4v) is 3.54. The molecule has 0 spiro atoms. The molecule has 0 fully saturated rings. The molecule has 0 saturated carbocycles. The summed E-state index contributed by atoms with van der Waals surface area (Å²) in [5.41, 5.74) is 4.61. The predicted octanol–water partition coefficient (Wildman–Crippen LogP) is 5.45. The van der Waals surface area contributed by atoms with E-state index < -0.39 is 0 Å². The number of aromatic hydroxyl groups is 1. The predicted molar refractivity (Wildman–Crippen MR) is 118 cm³/mol. The lowest BCUT2D eigenvalue weighted by Crippen LogP contribution is -2.21. The molecule has 3 aromatic carbocycles. The molecular weight excluding hydrogens is 362 g/mol. The van der Waals surface area contributed by atoms with Gasteiger partial charge < -0.3 is 14.7 Å². The van der Waals surface area contributed by atoms with Crippen LogP contribution in [0.1, 0.15) is 35.3 Å². The molecule has 0 amide bonds. The maximum atomic E-state index is 13.0. The van der Waals surface area contributed by atoms with Gasteiger partial charge in [-0.25, -0.2) is 0 Å². The summed E-state index contributed by atoms with van der Waals surface area (Å²) < 4.78 is 5.29. The van der Waals surface area contributed by atoms with E-state index in [1.807, 2.05) is 49.4 Å². The quantitative estimate of drug-likeness (QED) is 0.546. The number of ether oxygens (including phenoxy) is 1. The molecule has 4 nitrogen and oxygen atoms in total. The highest BCUT2D eigenvalue weighted by atomic mass is 16.5. The molecule has 0 heterocycles. The minimum Gasteiger partial charge on any atom is -0.507 e. The fourth-order valence-electron chi connectivity index (χ4n) is 3.54. The van der Waals surface area contributed by atoms with Gasteiger partial charge in [0.05, 0.1) is 7.11 Å². The molecule has 0 bridgehead atoms. The fraction of sp³-hybridized carbons (Fsp3) is 0.240. The van der Waals surface area contributed by atoms with Crippen molar-refractivity contribution < 1.29 is 14.6 Å². The van der Waals surface area contributed by atoms with Gasteiger partial charge in [0.25, 0.3) is 0 Å². The first-order valence-electron chi connectivity index (χ1n) is 9.85. The van der Waals surface area contributed by atoms with Gasteiger partial charge in [-0.15, -0.1) is 0 Å². The van der Waals surface area contributed by atoms with E-state index in [1.165, 1.54) is 0 Å².